The lowest BCUT2D eigenvalue weighted by atomic mass is 10.3. The molecule has 5 heteroatoms. The lowest BCUT2D eigenvalue weighted by Gasteiger charge is -2.14. The lowest BCUT2D eigenvalue weighted by Crippen LogP contribution is -2.18. The van der Waals surface area contributed by atoms with Crippen molar-refractivity contribution < 1.29 is 9.53 Å². The van der Waals surface area contributed by atoms with Crippen LogP contribution in [-0.2, 0) is 4.74 Å². The van der Waals surface area contributed by atoms with Crippen molar-refractivity contribution in [3.8, 4) is 0 Å². The molecule has 1 aromatic rings. The second kappa shape index (κ2) is 5.84. The average molecular weight is 242 g/mol. The molecule has 4 nitrogen and oxygen atoms in total. The second-order valence-corrected chi connectivity index (χ2v) is 4.85. The van der Waals surface area contributed by atoms with Gasteiger partial charge in [0.15, 0.2) is 10.8 Å². The van der Waals surface area contributed by atoms with Gasteiger partial charge in [-0.25, -0.2) is 9.78 Å². The van der Waals surface area contributed by atoms with Crippen molar-refractivity contribution in [2.75, 3.05) is 25.6 Å². The number of methoxy groups -OCH3 is 1. The quantitative estimate of drug-likeness (QED) is 0.744. The standard InChI is InChI=1S/C11H18N2O2S/c1-5-6-7-13(3)11-12-9(8(2)16-11)10(14)15-4/h5-7H2,1-4H3. The van der Waals surface area contributed by atoms with Crippen molar-refractivity contribution >= 4 is 22.4 Å². The molecule has 1 rings (SSSR count). The van der Waals surface area contributed by atoms with E-state index in [1.54, 1.807) is 0 Å². The highest BCUT2D eigenvalue weighted by atomic mass is 32.1. The SMILES string of the molecule is CCCCN(C)c1nc(C(=O)OC)c(C)s1. The van der Waals surface area contributed by atoms with Crippen molar-refractivity contribution in [2.45, 2.75) is 26.7 Å². The molecule has 0 unspecified atom stereocenters. The third kappa shape index (κ3) is 2.95. The number of rotatable bonds is 5. The molecule has 0 amide bonds. The molecule has 0 saturated carbocycles. The summed E-state index contributed by atoms with van der Waals surface area (Å²) < 4.78 is 4.68. The first-order chi connectivity index (χ1) is 7.60. The van der Waals surface area contributed by atoms with Crippen LogP contribution in [0.3, 0.4) is 0 Å². The average Bonchev–Trinajstić information content (AvgIpc) is 2.67. The molecule has 0 fully saturated rings. The fourth-order valence-corrected chi connectivity index (χ4v) is 2.21. The third-order valence-electron chi connectivity index (χ3n) is 2.34. The van der Waals surface area contributed by atoms with Crippen molar-refractivity contribution in [1.29, 1.82) is 0 Å². The summed E-state index contributed by atoms with van der Waals surface area (Å²) in [5, 5.41) is 0.881. The van der Waals surface area contributed by atoms with E-state index in [-0.39, 0.29) is 5.97 Å². The van der Waals surface area contributed by atoms with Crippen LogP contribution in [-0.4, -0.2) is 31.7 Å². The monoisotopic (exact) mass is 242 g/mol. The number of nitrogens with zero attached hydrogens (tertiary/aromatic N) is 2. The molecule has 1 heterocycles. The Morgan fingerprint density at radius 1 is 1.56 bits per heavy atom. The number of carbonyl (C=O) groups is 1. The van der Waals surface area contributed by atoms with Gasteiger partial charge >= 0.3 is 5.97 Å². The Labute approximate surface area is 100 Å². The van der Waals surface area contributed by atoms with Crippen LogP contribution >= 0.6 is 11.3 Å². The van der Waals surface area contributed by atoms with Gasteiger partial charge in [0.1, 0.15) is 0 Å². The predicted molar refractivity (Wildman–Crippen MR) is 66.4 cm³/mol. The minimum Gasteiger partial charge on any atom is -0.464 e. The molecule has 0 N–H and O–H groups in total. The summed E-state index contributed by atoms with van der Waals surface area (Å²) in [6.45, 7) is 5.01. The maximum Gasteiger partial charge on any atom is 0.357 e. The summed E-state index contributed by atoms with van der Waals surface area (Å²) in [6.07, 6.45) is 2.28. The molecular weight excluding hydrogens is 224 g/mol. The van der Waals surface area contributed by atoms with Crippen molar-refractivity contribution in [3.63, 3.8) is 0 Å². The van der Waals surface area contributed by atoms with Crippen LogP contribution in [0.15, 0.2) is 0 Å². The summed E-state index contributed by atoms with van der Waals surface area (Å²) in [5.41, 5.74) is 0.436. The van der Waals surface area contributed by atoms with Gasteiger partial charge in [-0.2, -0.15) is 0 Å². The fraction of sp³-hybridized carbons (Fsp3) is 0.636. The Kier molecular flexibility index (Phi) is 4.73. The van der Waals surface area contributed by atoms with Crippen molar-refractivity contribution in [2.24, 2.45) is 0 Å². The number of hydrogen-bond donors (Lipinski definition) is 0. The van der Waals surface area contributed by atoms with E-state index >= 15 is 0 Å². The molecule has 0 aliphatic rings. The number of anilines is 1. The van der Waals surface area contributed by atoms with E-state index < -0.39 is 0 Å². The smallest absolute Gasteiger partial charge is 0.357 e. The van der Waals surface area contributed by atoms with Crippen LogP contribution in [0.2, 0.25) is 0 Å². The Hall–Kier alpha value is -1.10. The van der Waals surface area contributed by atoms with Crippen LogP contribution in [0.4, 0.5) is 5.13 Å². The van der Waals surface area contributed by atoms with Gasteiger partial charge in [0.05, 0.1) is 7.11 Å². The number of aromatic nitrogens is 1. The minimum atomic E-state index is -0.358. The van der Waals surface area contributed by atoms with Crippen molar-refractivity contribution in [3.05, 3.63) is 10.6 Å². The highest BCUT2D eigenvalue weighted by Crippen LogP contribution is 2.25. The molecule has 0 aliphatic heterocycles. The van der Waals surface area contributed by atoms with E-state index in [0.29, 0.717) is 5.69 Å². The van der Waals surface area contributed by atoms with Gasteiger partial charge in [0.25, 0.3) is 0 Å². The largest absolute Gasteiger partial charge is 0.464 e. The molecule has 0 radical (unpaired) electrons. The molecule has 90 valence electrons. The zero-order chi connectivity index (χ0) is 12.1. The second-order valence-electron chi connectivity index (χ2n) is 3.67. The number of aryl methyl sites for hydroxylation is 1. The summed E-state index contributed by atoms with van der Waals surface area (Å²) >= 11 is 1.53. The molecule has 0 bridgehead atoms. The van der Waals surface area contributed by atoms with Crippen LogP contribution in [0.1, 0.15) is 35.1 Å². The number of esters is 1. The van der Waals surface area contributed by atoms with Crippen molar-refractivity contribution in [1.82, 2.24) is 4.98 Å². The Bertz CT molecular complexity index is 363. The van der Waals surface area contributed by atoms with Crippen LogP contribution < -0.4 is 4.90 Å². The molecular formula is C11H18N2O2S. The molecule has 0 aliphatic carbocycles. The number of thiazole rings is 1. The zero-order valence-corrected chi connectivity index (χ0v) is 11.1. The minimum absolute atomic E-state index is 0.358. The van der Waals surface area contributed by atoms with Gasteiger partial charge in [0.2, 0.25) is 0 Å². The number of unbranched alkanes of at least 4 members (excludes halogenated alkanes) is 1. The summed E-state index contributed by atoms with van der Waals surface area (Å²) in [7, 11) is 3.37. The highest BCUT2D eigenvalue weighted by Gasteiger charge is 2.17. The fourth-order valence-electron chi connectivity index (χ4n) is 1.32. The first-order valence-electron chi connectivity index (χ1n) is 5.37. The first kappa shape index (κ1) is 13.0. The molecule has 0 spiro atoms. The number of hydrogen-bond acceptors (Lipinski definition) is 5. The maximum absolute atomic E-state index is 11.4. The van der Waals surface area contributed by atoms with Crippen LogP contribution in [0.25, 0.3) is 0 Å². The van der Waals surface area contributed by atoms with Gasteiger partial charge in [-0.15, -0.1) is 11.3 Å². The number of carbonyl (C=O) groups excluding carboxylic acids is 1. The molecule has 0 saturated heterocycles. The Morgan fingerprint density at radius 2 is 2.25 bits per heavy atom. The zero-order valence-electron chi connectivity index (χ0n) is 10.2. The summed E-state index contributed by atoms with van der Waals surface area (Å²) in [4.78, 5) is 18.7. The number of ether oxygens (including phenoxy) is 1. The van der Waals surface area contributed by atoms with E-state index in [0.717, 1.165) is 29.4 Å². The first-order valence-corrected chi connectivity index (χ1v) is 6.18. The lowest BCUT2D eigenvalue weighted by molar-refractivity contribution is 0.0594. The van der Waals surface area contributed by atoms with Crippen LogP contribution in [0, 0.1) is 6.92 Å². The predicted octanol–water partition coefficient (Wildman–Crippen LogP) is 2.47. The van der Waals surface area contributed by atoms with E-state index in [1.807, 2.05) is 14.0 Å². The van der Waals surface area contributed by atoms with E-state index in [4.69, 9.17) is 0 Å². The molecule has 1 aromatic heterocycles. The summed E-state index contributed by atoms with van der Waals surface area (Å²) in [6, 6.07) is 0. The maximum atomic E-state index is 11.4. The molecule has 0 atom stereocenters. The highest BCUT2D eigenvalue weighted by molar-refractivity contribution is 7.15. The normalized spacial score (nSPS) is 10.2. The Balaban J connectivity index is 2.79. The van der Waals surface area contributed by atoms with Gasteiger partial charge < -0.3 is 9.64 Å². The molecule has 0 aromatic carbocycles. The van der Waals surface area contributed by atoms with E-state index in [2.05, 4.69) is 21.5 Å². The van der Waals surface area contributed by atoms with Gasteiger partial charge in [-0.1, -0.05) is 13.3 Å². The summed E-state index contributed by atoms with van der Waals surface area (Å²) in [5.74, 6) is -0.358. The van der Waals surface area contributed by atoms with Gasteiger partial charge in [0, 0.05) is 18.5 Å². The van der Waals surface area contributed by atoms with Gasteiger partial charge in [-0.05, 0) is 13.3 Å². The van der Waals surface area contributed by atoms with Crippen LogP contribution in [0.5, 0.6) is 0 Å². The van der Waals surface area contributed by atoms with Gasteiger partial charge in [-0.3, -0.25) is 0 Å². The Morgan fingerprint density at radius 3 is 2.81 bits per heavy atom. The third-order valence-corrected chi connectivity index (χ3v) is 3.42. The topological polar surface area (TPSA) is 42.4 Å². The van der Waals surface area contributed by atoms with E-state index in [1.165, 1.54) is 18.4 Å². The van der Waals surface area contributed by atoms with E-state index in [9.17, 15) is 4.79 Å². The molecule has 16 heavy (non-hydrogen) atoms.